The van der Waals surface area contributed by atoms with Crippen molar-refractivity contribution < 1.29 is 4.74 Å². The molecule has 1 N–H and O–H groups in total. The summed E-state index contributed by atoms with van der Waals surface area (Å²) in [6, 6.07) is 8.15. The van der Waals surface area contributed by atoms with Crippen LogP contribution in [0.25, 0.3) is 0 Å². The lowest BCUT2D eigenvalue weighted by atomic mass is 10.0. The second kappa shape index (κ2) is 6.06. The molecule has 0 unspecified atom stereocenters. The third-order valence-corrected chi connectivity index (χ3v) is 3.51. The van der Waals surface area contributed by atoms with E-state index in [2.05, 4.69) is 52.2 Å². The second-order valence-corrected chi connectivity index (χ2v) is 5.38. The fourth-order valence-electron chi connectivity index (χ4n) is 1.93. The zero-order valence-electron chi connectivity index (χ0n) is 11.3. The largest absolute Gasteiger partial charge is 0.496 e. The number of halogens is 1. The van der Waals surface area contributed by atoms with Crippen LogP contribution < -0.4 is 10.1 Å². The lowest BCUT2D eigenvalue weighted by molar-refractivity contribution is 0.411. The number of hydrogen-bond acceptors (Lipinski definition) is 3. The monoisotopic (exact) mass is 320 g/mol. The second-order valence-electron chi connectivity index (χ2n) is 4.46. The van der Waals surface area contributed by atoms with Gasteiger partial charge in [-0.2, -0.15) is 0 Å². The first-order chi connectivity index (χ1) is 9.10. The minimum Gasteiger partial charge on any atom is -0.496 e. The predicted octanol–water partition coefficient (Wildman–Crippen LogP) is 4.08. The fourth-order valence-corrected chi connectivity index (χ4v) is 2.16. The van der Waals surface area contributed by atoms with Gasteiger partial charge < -0.3 is 10.1 Å². The predicted molar refractivity (Wildman–Crippen MR) is 81.7 cm³/mol. The maximum atomic E-state index is 5.32. The standard InChI is InChI=1S/C15H17BrN2O/c1-10-7-14(19-3)11(2)6-12(10)8-17-15-5-4-13(16)9-18-15/h4-7,9H,8H2,1-3H3,(H,17,18). The Hall–Kier alpha value is -1.55. The molecule has 0 saturated heterocycles. The van der Waals surface area contributed by atoms with E-state index < -0.39 is 0 Å². The number of aromatic nitrogens is 1. The van der Waals surface area contributed by atoms with Crippen LogP contribution in [0.5, 0.6) is 5.75 Å². The van der Waals surface area contributed by atoms with Gasteiger partial charge in [-0.3, -0.25) is 0 Å². The van der Waals surface area contributed by atoms with Gasteiger partial charge in [0.15, 0.2) is 0 Å². The summed E-state index contributed by atoms with van der Waals surface area (Å²) in [4.78, 5) is 4.30. The van der Waals surface area contributed by atoms with E-state index in [9.17, 15) is 0 Å². The highest BCUT2D eigenvalue weighted by Gasteiger charge is 2.05. The van der Waals surface area contributed by atoms with E-state index in [0.717, 1.165) is 28.1 Å². The van der Waals surface area contributed by atoms with E-state index in [4.69, 9.17) is 4.74 Å². The summed E-state index contributed by atoms with van der Waals surface area (Å²) >= 11 is 3.37. The van der Waals surface area contributed by atoms with Gasteiger partial charge in [0.1, 0.15) is 11.6 Å². The quantitative estimate of drug-likeness (QED) is 0.921. The molecule has 3 nitrogen and oxygen atoms in total. The Balaban J connectivity index is 2.11. The number of pyridine rings is 1. The summed E-state index contributed by atoms with van der Waals surface area (Å²) in [5.41, 5.74) is 3.61. The molecule has 0 bridgehead atoms. The number of methoxy groups -OCH3 is 1. The van der Waals surface area contributed by atoms with Crippen molar-refractivity contribution >= 4 is 21.7 Å². The van der Waals surface area contributed by atoms with Crippen LogP contribution >= 0.6 is 15.9 Å². The molecule has 100 valence electrons. The number of nitrogens with zero attached hydrogens (tertiary/aromatic N) is 1. The van der Waals surface area contributed by atoms with E-state index >= 15 is 0 Å². The molecule has 0 aliphatic rings. The molecule has 0 spiro atoms. The molecule has 0 saturated carbocycles. The van der Waals surface area contributed by atoms with Crippen molar-refractivity contribution in [2.45, 2.75) is 20.4 Å². The van der Waals surface area contributed by atoms with Crippen LogP contribution in [0.2, 0.25) is 0 Å². The Morgan fingerprint density at radius 3 is 2.63 bits per heavy atom. The lowest BCUT2D eigenvalue weighted by Gasteiger charge is -2.12. The molecule has 0 fully saturated rings. The van der Waals surface area contributed by atoms with Gasteiger partial charge in [0.25, 0.3) is 0 Å². The van der Waals surface area contributed by atoms with Gasteiger partial charge in [0.05, 0.1) is 7.11 Å². The summed E-state index contributed by atoms with van der Waals surface area (Å²) in [6.07, 6.45) is 1.79. The van der Waals surface area contributed by atoms with Crippen LogP contribution in [-0.4, -0.2) is 12.1 Å². The molecule has 1 aromatic carbocycles. The van der Waals surface area contributed by atoms with Crippen molar-refractivity contribution in [2.75, 3.05) is 12.4 Å². The first-order valence-electron chi connectivity index (χ1n) is 6.09. The molecule has 4 heteroatoms. The molecule has 0 aliphatic heterocycles. The molecule has 2 aromatic rings. The van der Waals surface area contributed by atoms with Gasteiger partial charge in [0, 0.05) is 17.2 Å². The Morgan fingerprint density at radius 2 is 2.00 bits per heavy atom. The van der Waals surface area contributed by atoms with Gasteiger partial charge in [-0.25, -0.2) is 4.98 Å². The van der Waals surface area contributed by atoms with E-state index in [1.165, 1.54) is 11.1 Å². The van der Waals surface area contributed by atoms with E-state index in [1.54, 1.807) is 13.3 Å². The topological polar surface area (TPSA) is 34.1 Å². The van der Waals surface area contributed by atoms with Crippen LogP contribution in [-0.2, 0) is 6.54 Å². The summed E-state index contributed by atoms with van der Waals surface area (Å²) < 4.78 is 6.30. The van der Waals surface area contributed by atoms with Crippen molar-refractivity contribution in [3.05, 3.63) is 51.6 Å². The number of anilines is 1. The highest BCUT2D eigenvalue weighted by Crippen LogP contribution is 2.23. The number of hydrogen-bond donors (Lipinski definition) is 1. The van der Waals surface area contributed by atoms with Crippen molar-refractivity contribution in [3.63, 3.8) is 0 Å². The Labute approximate surface area is 122 Å². The SMILES string of the molecule is COc1cc(C)c(CNc2ccc(Br)cn2)cc1C. The van der Waals surface area contributed by atoms with Crippen molar-refractivity contribution in [1.82, 2.24) is 4.98 Å². The van der Waals surface area contributed by atoms with Crippen molar-refractivity contribution in [1.29, 1.82) is 0 Å². The molecule has 2 rings (SSSR count). The van der Waals surface area contributed by atoms with Crippen molar-refractivity contribution in [2.24, 2.45) is 0 Å². The lowest BCUT2D eigenvalue weighted by Crippen LogP contribution is -2.03. The van der Waals surface area contributed by atoms with E-state index in [-0.39, 0.29) is 0 Å². The third kappa shape index (κ3) is 3.47. The van der Waals surface area contributed by atoms with E-state index in [1.807, 2.05) is 12.1 Å². The minimum atomic E-state index is 0.755. The molecule has 0 aliphatic carbocycles. The highest BCUT2D eigenvalue weighted by molar-refractivity contribution is 9.10. The molecular formula is C15H17BrN2O. The average molecular weight is 321 g/mol. The average Bonchev–Trinajstić information content (AvgIpc) is 2.41. The molecule has 19 heavy (non-hydrogen) atoms. The maximum absolute atomic E-state index is 5.32. The third-order valence-electron chi connectivity index (χ3n) is 3.04. The van der Waals surface area contributed by atoms with Crippen LogP contribution in [0.1, 0.15) is 16.7 Å². The fraction of sp³-hybridized carbons (Fsp3) is 0.267. The summed E-state index contributed by atoms with van der Waals surface area (Å²) in [7, 11) is 1.70. The Morgan fingerprint density at radius 1 is 1.21 bits per heavy atom. The minimum absolute atomic E-state index is 0.755. The van der Waals surface area contributed by atoms with Crippen molar-refractivity contribution in [3.8, 4) is 5.75 Å². The number of ether oxygens (including phenoxy) is 1. The van der Waals surface area contributed by atoms with Crippen LogP contribution in [0.4, 0.5) is 5.82 Å². The smallest absolute Gasteiger partial charge is 0.126 e. The zero-order valence-corrected chi connectivity index (χ0v) is 12.9. The normalized spacial score (nSPS) is 10.3. The molecule has 1 aromatic heterocycles. The van der Waals surface area contributed by atoms with Gasteiger partial charge in [-0.1, -0.05) is 6.07 Å². The molecule has 0 radical (unpaired) electrons. The van der Waals surface area contributed by atoms with Gasteiger partial charge in [-0.05, 0) is 64.7 Å². The van der Waals surface area contributed by atoms with E-state index in [0.29, 0.717) is 0 Å². The molecule has 0 atom stereocenters. The number of benzene rings is 1. The molecular weight excluding hydrogens is 304 g/mol. The van der Waals surface area contributed by atoms with Gasteiger partial charge >= 0.3 is 0 Å². The summed E-state index contributed by atoms with van der Waals surface area (Å²) in [5.74, 6) is 1.80. The first-order valence-corrected chi connectivity index (χ1v) is 6.89. The van der Waals surface area contributed by atoms with Gasteiger partial charge in [0.2, 0.25) is 0 Å². The number of nitrogens with one attached hydrogen (secondary N) is 1. The van der Waals surface area contributed by atoms with Crippen LogP contribution in [0.15, 0.2) is 34.9 Å². The summed E-state index contributed by atoms with van der Waals surface area (Å²) in [5, 5.41) is 3.32. The molecule has 0 amide bonds. The first kappa shape index (κ1) is 13.9. The maximum Gasteiger partial charge on any atom is 0.126 e. The zero-order chi connectivity index (χ0) is 13.8. The van der Waals surface area contributed by atoms with Gasteiger partial charge in [-0.15, -0.1) is 0 Å². The highest BCUT2D eigenvalue weighted by atomic mass is 79.9. The Kier molecular flexibility index (Phi) is 4.43. The number of rotatable bonds is 4. The van der Waals surface area contributed by atoms with Crippen LogP contribution in [0, 0.1) is 13.8 Å². The molecule has 1 heterocycles. The summed E-state index contributed by atoms with van der Waals surface area (Å²) in [6.45, 7) is 4.90. The Bertz CT molecular complexity index is 567. The van der Waals surface area contributed by atoms with Crippen LogP contribution in [0.3, 0.4) is 0 Å². The number of aryl methyl sites for hydroxylation is 2.